The zero-order chi connectivity index (χ0) is 16.2. The number of amides is 1. The Morgan fingerprint density at radius 1 is 1.35 bits per heavy atom. The van der Waals surface area contributed by atoms with Crippen LogP contribution in [0.5, 0.6) is 0 Å². The second kappa shape index (κ2) is 7.19. The van der Waals surface area contributed by atoms with Crippen molar-refractivity contribution in [1.82, 2.24) is 10.3 Å². The molecular weight excluding hydrogens is 315 g/mol. The molecule has 4 nitrogen and oxygen atoms in total. The van der Waals surface area contributed by atoms with Gasteiger partial charge in [0.2, 0.25) is 0 Å². The van der Waals surface area contributed by atoms with E-state index >= 15 is 0 Å². The molecule has 6 heteroatoms. The lowest BCUT2D eigenvalue weighted by Gasteiger charge is -2.14. The summed E-state index contributed by atoms with van der Waals surface area (Å²) < 4.78 is 12.9. The summed E-state index contributed by atoms with van der Waals surface area (Å²) in [5, 5.41) is 15.2. The second-order valence-corrected chi connectivity index (χ2v) is 6.84. The fourth-order valence-electron chi connectivity index (χ4n) is 2.84. The highest BCUT2D eigenvalue weighted by atomic mass is 32.1. The van der Waals surface area contributed by atoms with E-state index in [1.807, 2.05) is 0 Å². The molecule has 0 aliphatic heterocycles. The second-order valence-electron chi connectivity index (χ2n) is 5.90. The van der Waals surface area contributed by atoms with Gasteiger partial charge in [0.1, 0.15) is 11.5 Å². The summed E-state index contributed by atoms with van der Waals surface area (Å²) in [4.78, 5) is 16.5. The van der Waals surface area contributed by atoms with Crippen LogP contribution in [0.15, 0.2) is 29.6 Å². The first-order chi connectivity index (χ1) is 11.1. The van der Waals surface area contributed by atoms with Gasteiger partial charge in [-0.25, -0.2) is 9.37 Å². The van der Waals surface area contributed by atoms with Crippen molar-refractivity contribution in [3.05, 3.63) is 51.7 Å². The predicted molar refractivity (Wildman–Crippen MR) is 87.0 cm³/mol. The number of carbonyl (C=O) groups is 1. The number of rotatable bonds is 5. The van der Waals surface area contributed by atoms with Gasteiger partial charge in [-0.2, -0.15) is 0 Å². The molecule has 2 atom stereocenters. The largest absolute Gasteiger partial charge is 0.393 e. The smallest absolute Gasteiger partial charge is 0.270 e. The number of thiazole rings is 1. The first-order valence-electron chi connectivity index (χ1n) is 7.77. The summed E-state index contributed by atoms with van der Waals surface area (Å²) >= 11 is 1.42. The maximum absolute atomic E-state index is 12.9. The van der Waals surface area contributed by atoms with Crippen LogP contribution in [0, 0.1) is 11.7 Å². The minimum Gasteiger partial charge on any atom is -0.393 e. The van der Waals surface area contributed by atoms with Crippen molar-refractivity contribution in [2.24, 2.45) is 5.92 Å². The molecule has 2 N–H and O–H groups in total. The topological polar surface area (TPSA) is 62.2 Å². The van der Waals surface area contributed by atoms with Gasteiger partial charge in [-0.1, -0.05) is 18.6 Å². The summed E-state index contributed by atoms with van der Waals surface area (Å²) in [6.45, 7) is 0.491. The molecule has 0 radical (unpaired) electrons. The maximum Gasteiger partial charge on any atom is 0.270 e. The zero-order valence-electron chi connectivity index (χ0n) is 12.7. The molecule has 1 aromatic carbocycles. The molecule has 1 aliphatic carbocycles. The van der Waals surface area contributed by atoms with Crippen molar-refractivity contribution in [1.29, 1.82) is 0 Å². The zero-order valence-corrected chi connectivity index (χ0v) is 13.5. The molecule has 0 bridgehead atoms. The molecule has 122 valence electrons. The highest BCUT2D eigenvalue weighted by Crippen LogP contribution is 2.24. The fourth-order valence-corrected chi connectivity index (χ4v) is 3.65. The average molecular weight is 334 g/mol. The minimum absolute atomic E-state index is 0.149. The fraction of sp³-hybridized carbons (Fsp3) is 0.412. The number of aliphatic hydroxyl groups excluding tert-OH is 1. The van der Waals surface area contributed by atoms with Crippen LogP contribution in [0.2, 0.25) is 0 Å². The van der Waals surface area contributed by atoms with E-state index in [2.05, 4.69) is 10.3 Å². The van der Waals surface area contributed by atoms with Gasteiger partial charge in [0.25, 0.3) is 5.91 Å². The molecule has 0 saturated heterocycles. The van der Waals surface area contributed by atoms with Crippen LogP contribution in [0.3, 0.4) is 0 Å². The third-order valence-electron chi connectivity index (χ3n) is 4.20. The van der Waals surface area contributed by atoms with Gasteiger partial charge in [0.15, 0.2) is 0 Å². The average Bonchev–Trinajstić information content (AvgIpc) is 3.16. The lowest BCUT2D eigenvalue weighted by atomic mass is 10.1. The molecule has 1 aliphatic rings. The number of benzene rings is 1. The van der Waals surface area contributed by atoms with Gasteiger partial charge >= 0.3 is 0 Å². The summed E-state index contributed by atoms with van der Waals surface area (Å²) in [6, 6.07) is 6.28. The van der Waals surface area contributed by atoms with E-state index in [1.165, 1.54) is 23.5 Å². The number of aliphatic hydroxyl groups is 1. The van der Waals surface area contributed by atoms with Gasteiger partial charge in [0, 0.05) is 24.3 Å². The van der Waals surface area contributed by atoms with Crippen molar-refractivity contribution in [2.75, 3.05) is 6.54 Å². The van der Waals surface area contributed by atoms with Crippen molar-refractivity contribution in [3.8, 4) is 0 Å². The van der Waals surface area contributed by atoms with Gasteiger partial charge in [-0.15, -0.1) is 11.3 Å². The molecule has 3 rings (SSSR count). The molecule has 1 heterocycles. The van der Waals surface area contributed by atoms with E-state index in [4.69, 9.17) is 0 Å². The Balaban J connectivity index is 1.55. The monoisotopic (exact) mass is 334 g/mol. The van der Waals surface area contributed by atoms with E-state index in [1.54, 1.807) is 17.5 Å². The van der Waals surface area contributed by atoms with Crippen LogP contribution in [0.1, 0.15) is 40.3 Å². The lowest BCUT2D eigenvalue weighted by molar-refractivity contribution is 0.0912. The quantitative estimate of drug-likeness (QED) is 0.884. The van der Waals surface area contributed by atoms with E-state index in [-0.39, 0.29) is 23.7 Å². The standard InChI is InChI=1S/C17H19FN2O2S/c18-13-6-4-11(5-7-13)8-16-20-14(10-23-16)17(22)19-9-12-2-1-3-15(12)21/h4-7,10,12,15,21H,1-3,8-9H2,(H,19,22). The predicted octanol–water partition coefficient (Wildman–Crippen LogP) is 2.76. The minimum atomic E-state index is -0.306. The molecule has 2 aromatic rings. The Labute approximate surface area is 138 Å². The molecule has 1 saturated carbocycles. The van der Waals surface area contributed by atoms with Crippen molar-refractivity contribution < 1.29 is 14.3 Å². The Bertz CT molecular complexity index is 671. The molecular formula is C17H19FN2O2S. The Morgan fingerprint density at radius 2 is 2.13 bits per heavy atom. The first kappa shape index (κ1) is 16.1. The SMILES string of the molecule is O=C(NCC1CCCC1O)c1csc(Cc2ccc(F)cc2)n1. The van der Waals surface area contributed by atoms with Gasteiger partial charge < -0.3 is 10.4 Å². The third-order valence-corrected chi connectivity index (χ3v) is 5.05. The van der Waals surface area contributed by atoms with Gasteiger partial charge in [-0.3, -0.25) is 4.79 Å². The van der Waals surface area contributed by atoms with Crippen LogP contribution in [0.25, 0.3) is 0 Å². The van der Waals surface area contributed by atoms with Crippen molar-refractivity contribution >= 4 is 17.2 Å². The highest BCUT2D eigenvalue weighted by Gasteiger charge is 2.25. The normalized spacial score (nSPS) is 20.6. The number of hydrogen-bond donors (Lipinski definition) is 2. The van der Waals surface area contributed by atoms with Crippen LogP contribution >= 0.6 is 11.3 Å². The molecule has 2 unspecified atom stereocenters. The van der Waals surface area contributed by atoms with Crippen molar-refractivity contribution in [3.63, 3.8) is 0 Å². The summed E-state index contributed by atoms with van der Waals surface area (Å²) in [5.41, 5.74) is 1.36. The van der Waals surface area contributed by atoms with E-state index in [9.17, 15) is 14.3 Å². The van der Waals surface area contributed by atoms with Crippen LogP contribution in [-0.2, 0) is 6.42 Å². The number of hydrogen-bond acceptors (Lipinski definition) is 4. The first-order valence-corrected chi connectivity index (χ1v) is 8.65. The van der Waals surface area contributed by atoms with E-state index in [0.717, 1.165) is 29.8 Å². The number of aromatic nitrogens is 1. The van der Waals surface area contributed by atoms with Gasteiger partial charge in [-0.05, 0) is 30.5 Å². The molecule has 1 fully saturated rings. The number of nitrogens with zero attached hydrogens (tertiary/aromatic N) is 1. The third kappa shape index (κ3) is 4.14. The Kier molecular flexibility index (Phi) is 5.03. The summed E-state index contributed by atoms with van der Waals surface area (Å²) in [7, 11) is 0. The highest BCUT2D eigenvalue weighted by molar-refractivity contribution is 7.09. The number of halogens is 1. The van der Waals surface area contributed by atoms with Crippen LogP contribution < -0.4 is 5.32 Å². The molecule has 23 heavy (non-hydrogen) atoms. The molecule has 0 spiro atoms. The Hall–Kier alpha value is -1.79. The number of carbonyl (C=O) groups excluding carboxylic acids is 1. The Morgan fingerprint density at radius 3 is 2.83 bits per heavy atom. The molecule has 1 amide bonds. The van der Waals surface area contributed by atoms with Gasteiger partial charge in [0.05, 0.1) is 11.1 Å². The van der Waals surface area contributed by atoms with Crippen LogP contribution in [0.4, 0.5) is 4.39 Å². The summed E-state index contributed by atoms with van der Waals surface area (Å²) in [6.07, 6.45) is 3.06. The van der Waals surface area contributed by atoms with Crippen molar-refractivity contribution in [2.45, 2.75) is 31.8 Å². The molecule has 1 aromatic heterocycles. The summed E-state index contributed by atoms with van der Waals surface area (Å²) in [5.74, 6) is -0.316. The number of nitrogens with one attached hydrogen (secondary N) is 1. The maximum atomic E-state index is 12.9. The van der Waals surface area contributed by atoms with E-state index < -0.39 is 0 Å². The lowest BCUT2D eigenvalue weighted by Crippen LogP contribution is -2.32. The van der Waals surface area contributed by atoms with Crippen LogP contribution in [-0.4, -0.2) is 28.6 Å². The van der Waals surface area contributed by atoms with E-state index in [0.29, 0.717) is 18.7 Å².